The number of hydrogen-bond donors (Lipinski definition) is 1. The first-order valence-corrected chi connectivity index (χ1v) is 7.03. The molecule has 22 heavy (non-hydrogen) atoms. The topological polar surface area (TPSA) is 92.6 Å². The molecule has 114 valence electrons. The van der Waals surface area contributed by atoms with Gasteiger partial charge in [0.15, 0.2) is 0 Å². The number of benzene rings is 1. The predicted molar refractivity (Wildman–Crippen MR) is 81.1 cm³/mol. The molecule has 0 aromatic heterocycles. The molecule has 0 saturated carbocycles. The van der Waals surface area contributed by atoms with E-state index in [1.54, 1.807) is 43.1 Å². The summed E-state index contributed by atoms with van der Waals surface area (Å²) in [4.78, 5) is 5.38. The summed E-state index contributed by atoms with van der Waals surface area (Å²) in [5.41, 5.74) is 0.421. The molecule has 1 N–H and O–H groups in total. The zero-order chi connectivity index (χ0) is 16.3. The van der Waals surface area contributed by atoms with Gasteiger partial charge in [0.25, 0.3) is 0 Å². The second-order valence-electron chi connectivity index (χ2n) is 5.63. The van der Waals surface area contributed by atoms with Crippen LogP contribution >= 0.6 is 0 Å². The van der Waals surface area contributed by atoms with E-state index in [0.717, 1.165) is 5.56 Å². The minimum atomic E-state index is -0.834. The lowest BCUT2D eigenvalue weighted by Gasteiger charge is -2.45. The molecule has 6 nitrogen and oxygen atoms in total. The van der Waals surface area contributed by atoms with Crippen LogP contribution in [0.25, 0.3) is 0 Å². The quantitative estimate of drug-likeness (QED) is 0.523. The number of aliphatic hydroxyl groups excluding tert-OH is 1. The van der Waals surface area contributed by atoms with Gasteiger partial charge in [0.05, 0.1) is 17.7 Å². The molecule has 1 aliphatic heterocycles. The van der Waals surface area contributed by atoms with Crippen LogP contribution in [0.3, 0.4) is 0 Å². The standard InChI is InChI=1S/C16H18N4O2/c1-4-20(10-19-9-18)14-12-7-11(8-17)5-6-13(12)22-16(2,3)15(14)21/h5-7,10,14-15,21H,4H2,1-3H3/t14-,15+/m0/s1. The summed E-state index contributed by atoms with van der Waals surface area (Å²) >= 11 is 0. The molecule has 6 heteroatoms. The molecule has 0 unspecified atom stereocenters. The highest BCUT2D eigenvalue weighted by Crippen LogP contribution is 2.42. The first-order chi connectivity index (χ1) is 10.4. The van der Waals surface area contributed by atoms with Crippen LogP contribution in [0.5, 0.6) is 5.75 Å². The zero-order valence-electron chi connectivity index (χ0n) is 12.8. The van der Waals surface area contributed by atoms with E-state index >= 15 is 0 Å². The molecule has 2 rings (SSSR count). The van der Waals surface area contributed by atoms with Gasteiger partial charge in [-0.15, -0.1) is 0 Å². The van der Waals surface area contributed by atoms with Crippen molar-refractivity contribution in [1.82, 2.24) is 4.90 Å². The average Bonchev–Trinajstić information content (AvgIpc) is 2.50. The molecule has 0 radical (unpaired) electrons. The van der Waals surface area contributed by atoms with E-state index in [1.807, 2.05) is 6.92 Å². The third-order valence-corrected chi connectivity index (χ3v) is 3.83. The fraction of sp³-hybridized carbons (Fsp3) is 0.438. The molecule has 0 aliphatic carbocycles. The van der Waals surface area contributed by atoms with Gasteiger partial charge in [-0.25, -0.2) is 0 Å². The Hall–Kier alpha value is -2.57. The van der Waals surface area contributed by atoms with Crippen molar-refractivity contribution in [2.75, 3.05) is 6.54 Å². The molecule has 0 bridgehead atoms. The van der Waals surface area contributed by atoms with E-state index in [2.05, 4.69) is 11.1 Å². The highest BCUT2D eigenvalue weighted by molar-refractivity contribution is 5.59. The summed E-state index contributed by atoms with van der Waals surface area (Å²) in [5, 5.41) is 28.5. The van der Waals surface area contributed by atoms with E-state index < -0.39 is 17.7 Å². The number of fused-ring (bicyclic) bond motifs is 1. The fourth-order valence-corrected chi connectivity index (χ4v) is 2.65. The smallest absolute Gasteiger partial charge is 0.207 e. The van der Waals surface area contributed by atoms with Crippen LogP contribution in [0.15, 0.2) is 23.2 Å². The Balaban J connectivity index is 2.57. The molecule has 0 spiro atoms. The SMILES string of the molecule is CCN(C=NC#N)[C@H]1c2cc(C#N)ccc2OC(C)(C)[C@@H]1O. The lowest BCUT2D eigenvalue weighted by molar-refractivity contribution is -0.0802. The van der Waals surface area contributed by atoms with Gasteiger partial charge in [0.2, 0.25) is 6.19 Å². The maximum atomic E-state index is 10.7. The number of aliphatic imine (C=N–C) groups is 1. The summed E-state index contributed by atoms with van der Waals surface area (Å²) in [6.07, 6.45) is 2.30. The van der Waals surface area contributed by atoms with Crippen molar-refractivity contribution in [3.05, 3.63) is 29.3 Å². The van der Waals surface area contributed by atoms with E-state index in [1.165, 1.54) is 6.34 Å². The van der Waals surface area contributed by atoms with Gasteiger partial charge >= 0.3 is 0 Å². The van der Waals surface area contributed by atoms with Gasteiger partial charge in [0, 0.05) is 12.1 Å². The number of ether oxygens (including phenoxy) is 1. The fourth-order valence-electron chi connectivity index (χ4n) is 2.65. The highest BCUT2D eigenvalue weighted by Gasteiger charge is 2.44. The largest absolute Gasteiger partial charge is 0.485 e. The Bertz CT molecular complexity index is 670. The Kier molecular flexibility index (Phi) is 4.35. The van der Waals surface area contributed by atoms with Gasteiger partial charge in [-0.1, -0.05) is 0 Å². The number of nitriles is 2. The van der Waals surface area contributed by atoms with Crippen LogP contribution in [0.4, 0.5) is 0 Å². The highest BCUT2D eigenvalue weighted by atomic mass is 16.5. The molecule has 1 aliphatic rings. The number of likely N-dealkylation sites (N-methyl/N-ethyl adjacent to an activating group) is 1. The Morgan fingerprint density at radius 1 is 1.45 bits per heavy atom. The minimum absolute atomic E-state index is 0.436. The van der Waals surface area contributed by atoms with Crippen molar-refractivity contribution < 1.29 is 9.84 Å². The summed E-state index contributed by atoms with van der Waals surface area (Å²) < 4.78 is 5.86. The van der Waals surface area contributed by atoms with Crippen LogP contribution in [-0.4, -0.2) is 34.6 Å². The molecule has 0 saturated heterocycles. The molecule has 0 fully saturated rings. The van der Waals surface area contributed by atoms with Crippen molar-refractivity contribution in [3.8, 4) is 18.0 Å². The van der Waals surface area contributed by atoms with Gasteiger partial charge in [-0.2, -0.15) is 15.5 Å². The van der Waals surface area contributed by atoms with Crippen LogP contribution < -0.4 is 4.74 Å². The molecule has 1 aromatic carbocycles. The monoisotopic (exact) mass is 298 g/mol. The van der Waals surface area contributed by atoms with E-state index in [0.29, 0.717) is 17.9 Å². The second-order valence-corrected chi connectivity index (χ2v) is 5.63. The Labute approximate surface area is 129 Å². The Morgan fingerprint density at radius 2 is 2.18 bits per heavy atom. The molecular formula is C16H18N4O2. The number of nitrogens with zero attached hydrogens (tertiary/aromatic N) is 4. The zero-order valence-corrected chi connectivity index (χ0v) is 12.8. The van der Waals surface area contributed by atoms with Crippen molar-refractivity contribution in [1.29, 1.82) is 10.5 Å². The van der Waals surface area contributed by atoms with Gasteiger partial charge in [-0.05, 0) is 39.0 Å². The van der Waals surface area contributed by atoms with Crippen LogP contribution in [0.2, 0.25) is 0 Å². The maximum absolute atomic E-state index is 10.7. The maximum Gasteiger partial charge on any atom is 0.207 e. The average molecular weight is 298 g/mol. The van der Waals surface area contributed by atoms with E-state index in [4.69, 9.17) is 15.3 Å². The van der Waals surface area contributed by atoms with Crippen LogP contribution in [-0.2, 0) is 0 Å². The summed E-state index contributed by atoms with van der Waals surface area (Å²) in [5.74, 6) is 0.628. The number of aliphatic hydroxyl groups is 1. The van der Waals surface area contributed by atoms with Crippen molar-refractivity contribution >= 4 is 6.34 Å². The van der Waals surface area contributed by atoms with Crippen molar-refractivity contribution in [3.63, 3.8) is 0 Å². The molecule has 0 amide bonds. The lowest BCUT2D eigenvalue weighted by Crippen LogP contribution is -2.53. The van der Waals surface area contributed by atoms with E-state index in [-0.39, 0.29) is 0 Å². The number of rotatable bonds is 3. The summed E-state index contributed by atoms with van der Waals surface area (Å²) in [7, 11) is 0. The second kappa shape index (κ2) is 6.05. The number of hydrogen-bond acceptors (Lipinski definition) is 5. The molecular weight excluding hydrogens is 280 g/mol. The van der Waals surface area contributed by atoms with Crippen molar-refractivity contribution in [2.24, 2.45) is 4.99 Å². The van der Waals surface area contributed by atoms with Gasteiger partial charge < -0.3 is 14.7 Å². The predicted octanol–water partition coefficient (Wildman–Crippen LogP) is 1.96. The summed E-state index contributed by atoms with van der Waals surface area (Å²) in [6, 6.07) is 6.79. The van der Waals surface area contributed by atoms with Crippen molar-refractivity contribution in [2.45, 2.75) is 38.5 Å². The Morgan fingerprint density at radius 3 is 2.77 bits per heavy atom. The molecule has 2 atom stereocenters. The van der Waals surface area contributed by atoms with Gasteiger partial charge in [-0.3, -0.25) is 0 Å². The van der Waals surface area contributed by atoms with E-state index in [9.17, 15) is 5.11 Å². The van der Waals surface area contributed by atoms with Gasteiger partial charge in [0.1, 0.15) is 23.8 Å². The minimum Gasteiger partial charge on any atom is -0.485 e. The summed E-state index contributed by atoms with van der Waals surface area (Å²) in [6.45, 7) is 6.08. The molecule has 1 heterocycles. The third-order valence-electron chi connectivity index (χ3n) is 3.83. The van der Waals surface area contributed by atoms with Crippen LogP contribution in [0.1, 0.15) is 37.9 Å². The first-order valence-electron chi connectivity index (χ1n) is 7.03. The first kappa shape index (κ1) is 15.8. The lowest BCUT2D eigenvalue weighted by atomic mass is 9.85. The molecule has 1 aromatic rings. The normalized spacial score (nSPS) is 22.3. The third kappa shape index (κ3) is 2.74. The van der Waals surface area contributed by atoms with Crippen LogP contribution in [0, 0.1) is 22.8 Å².